The lowest BCUT2D eigenvalue weighted by atomic mass is 10.00. The van der Waals surface area contributed by atoms with Crippen molar-refractivity contribution in [2.45, 2.75) is 26.4 Å². The summed E-state index contributed by atoms with van der Waals surface area (Å²) in [5.41, 5.74) is 3.61. The van der Waals surface area contributed by atoms with Gasteiger partial charge in [-0.15, -0.1) is 0 Å². The molecule has 2 nitrogen and oxygen atoms in total. The van der Waals surface area contributed by atoms with E-state index in [1.165, 1.54) is 21.9 Å². The zero-order valence-electron chi connectivity index (χ0n) is 12.5. The highest BCUT2D eigenvalue weighted by atomic mass is 14.9. The summed E-state index contributed by atoms with van der Waals surface area (Å²) in [5, 5.41) is 6.17. The number of rotatable bonds is 4. The minimum Gasteiger partial charge on any atom is -0.305 e. The number of pyridine rings is 1. The molecule has 2 aromatic carbocycles. The van der Waals surface area contributed by atoms with Gasteiger partial charge in [-0.25, -0.2) is 0 Å². The average Bonchev–Trinajstić information content (AvgIpc) is 2.53. The van der Waals surface area contributed by atoms with Gasteiger partial charge in [0.25, 0.3) is 0 Å². The molecule has 2 heteroatoms. The van der Waals surface area contributed by atoms with Crippen LogP contribution in [0.2, 0.25) is 0 Å². The molecule has 0 aliphatic rings. The normalized spacial score (nSPS) is 12.5. The molecular formula is C19H20N2. The summed E-state index contributed by atoms with van der Waals surface area (Å²) in [6, 6.07) is 19.5. The minimum absolute atomic E-state index is 0.291. The van der Waals surface area contributed by atoms with Crippen LogP contribution in [0.1, 0.15) is 29.8 Å². The smallest absolute Gasteiger partial charge is 0.0542 e. The number of nitrogens with zero attached hydrogens (tertiary/aromatic N) is 1. The van der Waals surface area contributed by atoms with Crippen LogP contribution in [0.4, 0.5) is 0 Å². The summed E-state index contributed by atoms with van der Waals surface area (Å²) in [6.45, 7) is 5.05. The van der Waals surface area contributed by atoms with Gasteiger partial charge in [0.2, 0.25) is 0 Å². The first-order valence-corrected chi connectivity index (χ1v) is 7.36. The Kier molecular flexibility index (Phi) is 3.98. The van der Waals surface area contributed by atoms with Crippen molar-refractivity contribution in [2.24, 2.45) is 0 Å². The molecule has 1 N–H and O–H groups in total. The van der Waals surface area contributed by atoms with Crippen LogP contribution >= 0.6 is 0 Å². The molecule has 21 heavy (non-hydrogen) atoms. The maximum absolute atomic E-state index is 4.44. The van der Waals surface area contributed by atoms with E-state index < -0.39 is 0 Å². The van der Waals surface area contributed by atoms with Crippen molar-refractivity contribution < 1.29 is 0 Å². The van der Waals surface area contributed by atoms with Gasteiger partial charge in [-0.1, -0.05) is 48.5 Å². The number of nitrogens with one attached hydrogen (secondary N) is 1. The van der Waals surface area contributed by atoms with Gasteiger partial charge in [-0.05, 0) is 41.8 Å². The van der Waals surface area contributed by atoms with Crippen molar-refractivity contribution in [1.82, 2.24) is 10.3 Å². The molecule has 0 aliphatic heterocycles. The molecule has 0 bridgehead atoms. The van der Waals surface area contributed by atoms with Crippen LogP contribution in [0.15, 0.2) is 60.8 Å². The second-order valence-electron chi connectivity index (χ2n) is 5.50. The van der Waals surface area contributed by atoms with Crippen LogP contribution in [0.3, 0.4) is 0 Å². The lowest BCUT2D eigenvalue weighted by molar-refractivity contribution is 0.571. The zero-order valence-corrected chi connectivity index (χ0v) is 12.5. The minimum atomic E-state index is 0.291. The zero-order chi connectivity index (χ0) is 14.7. The highest BCUT2D eigenvalue weighted by molar-refractivity contribution is 5.86. The van der Waals surface area contributed by atoms with Gasteiger partial charge >= 0.3 is 0 Å². The van der Waals surface area contributed by atoms with Crippen molar-refractivity contribution >= 4 is 10.8 Å². The summed E-state index contributed by atoms with van der Waals surface area (Å²) < 4.78 is 0. The Bertz CT molecular complexity index is 727. The van der Waals surface area contributed by atoms with Crippen LogP contribution in [-0.2, 0) is 6.54 Å². The fraction of sp³-hybridized carbons (Fsp3) is 0.211. The van der Waals surface area contributed by atoms with Crippen LogP contribution in [-0.4, -0.2) is 4.98 Å². The lowest BCUT2D eigenvalue weighted by Gasteiger charge is -2.16. The number of hydrogen-bond donors (Lipinski definition) is 1. The molecule has 3 aromatic rings. The quantitative estimate of drug-likeness (QED) is 0.764. The number of benzene rings is 2. The molecule has 3 rings (SSSR count). The van der Waals surface area contributed by atoms with Crippen LogP contribution in [0.5, 0.6) is 0 Å². The van der Waals surface area contributed by atoms with Crippen molar-refractivity contribution in [2.75, 3.05) is 0 Å². The predicted octanol–water partition coefficient (Wildman–Crippen LogP) is 4.39. The Morgan fingerprint density at radius 2 is 1.81 bits per heavy atom. The van der Waals surface area contributed by atoms with Gasteiger partial charge in [-0.2, -0.15) is 0 Å². The fourth-order valence-corrected chi connectivity index (χ4v) is 2.60. The molecule has 1 aromatic heterocycles. The predicted molar refractivity (Wildman–Crippen MR) is 88.2 cm³/mol. The molecule has 0 saturated carbocycles. The summed E-state index contributed by atoms with van der Waals surface area (Å²) in [7, 11) is 0. The van der Waals surface area contributed by atoms with Gasteiger partial charge < -0.3 is 5.32 Å². The molecular weight excluding hydrogens is 256 g/mol. The average molecular weight is 276 g/mol. The van der Waals surface area contributed by atoms with E-state index >= 15 is 0 Å². The van der Waals surface area contributed by atoms with Crippen LogP contribution < -0.4 is 5.32 Å². The first-order valence-electron chi connectivity index (χ1n) is 7.36. The lowest BCUT2D eigenvalue weighted by Crippen LogP contribution is -2.19. The van der Waals surface area contributed by atoms with E-state index in [4.69, 9.17) is 0 Å². The maximum atomic E-state index is 4.44. The first-order chi connectivity index (χ1) is 10.2. The van der Waals surface area contributed by atoms with Gasteiger partial charge in [0.05, 0.1) is 5.69 Å². The van der Waals surface area contributed by atoms with E-state index in [1.54, 1.807) is 0 Å². The van der Waals surface area contributed by atoms with E-state index in [-0.39, 0.29) is 0 Å². The molecule has 0 amide bonds. The molecule has 0 fully saturated rings. The summed E-state index contributed by atoms with van der Waals surface area (Å²) in [4.78, 5) is 4.44. The number of aromatic nitrogens is 1. The highest BCUT2D eigenvalue weighted by Crippen LogP contribution is 2.24. The second kappa shape index (κ2) is 6.06. The Hall–Kier alpha value is -2.19. The van der Waals surface area contributed by atoms with Crippen molar-refractivity contribution in [3.05, 3.63) is 77.6 Å². The maximum Gasteiger partial charge on any atom is 0.0542 e. The largest absolute Gasteiger partial charge is 0.305 e. The molecule has 1 heterocycles. The highest BCUT2D eigenvalue weighted by Gasteiger charge is 2.08. The molecule has 0 aliphatic carbocycles. The molecule has 0 spiro atoms. The molecule has 0 radical (unpaired) electrons. The molecule has 1 unspecified atom stereocenters. The summed E-state index contributed by atoms with van der Waals surface area (Å²) in [6.07, 6.45) is 1.92. The van der Waals surface area contributed by atoms with Crippen molar-refractivity contribution in [1.29, 1.82) is 0 Å². The Labute approximate surface area is 125 Å². The summed E-state index contributed by atoms with van der Waals surface area (Å²) in [5.74, 6) is 0. The Balaban J connectivity index is 1.78. The standard InChI is InChI=1S/C19H20N2/c1-14-10-11-17(21-12-14)13-20-15(2)18-9-5-7-16-6-3-4-8-19(16)18/h3-12,15,20H,13H2,1-2H3. The van der Waals surface area contributed by atoms with Gasteiger partial charge in [0.15, 0.2) is 0 Å². The fourth-order valence-electron chi connectivity index (χ4n) is 2.60. The summed E-state index contributed by atoms with van der Waals surface area (Å²) >= 11 is 0. The van der Waals surface area contributed by atoms with Gasteiger partial charge in [-0.3, -0.25) is 4.98 Å². The van der Waals surface area contributed by atoms with E-state index in [0.29, 0.717) is 6.04 Å². The Morgan fingerprint density at radius 3 is 2.62 bits per heavy atom. The van der Waals surface area contributed by atoms with Crippen molar-refractivity contribution in [3.8, 4) is 0 Å². The SMILES string of the molecule is Cc1ccc(CNC(C)c2cccc3ccccc23)nc1. The number of fused-ring (bicyclic) bond motifs is 1. The third-order valence-electron chi connectivity index (χ3n) is 3.85. The molecule has 1 atom stereocenters. The first kappa shape index (κ1) is 13.8. The Morgan fingerprint density at radius 1 is 1.00 bits per heavy atom. The second-order valence-corrected chi connectivity index (χ2v) is 5.50. The van der Waals surface area contributed by atoms with Crippen LogP contribution in [0, 0.1) is 6.92 Å². The molecule has 0 saturated heterocycles. The van der Waals surface area contributed by atoms with Gasteiger partial charge in [0, 0.05) is 18.8 Å². The number of aryl methyl sites for hydroxylation is 1. The van der Waals surface area contributed by atoms with E-state index in [1.807, 2.05) is 6.20 Å². The van der Waals surface area contributed by atoms with E-state index in [9.17, 15) is 0 Å². The van der Waals surface area contributed by atoms with Crippen molar-refractivity contribution in [3.63, 3.8) is 0 Å². The van der Waals surface area contributed by atoms with E-state index in [2.05, 4.69) is 78.7 Å². The van der Waals surface area contributed by atoms with Crippen LogP contribution in [0.25, 0.3) is 10.8 Å². The third kappa shape index (κ3) is 3.11. The van der Waals surface area contributed by atoms with Gasteiger partial charge in [0.1, 0.15) is 0 Å². The third-order valence-corrected chi connectivity index (χ3v) is 3.85. The number of hydrogen-bond acceptors (Lipinski definition) is 2. The topological polar surface area (TPSA) is 24.9 Å². The monoisotopic (exact) mass is 276 g/mol. The molecule has 106 valence electrons. The van der Waals surface area contributed by atoms with E-state index in [0.717, 1.165) is 12.2 Å².